The number of hydrogen-bond acceptors (Lipinski definition) is 6. The molecule has 2 unspecified atom stereocenters. The molecule has 4 heterocycles. The fourth-order valence-electron chi connectivity index (χ4n) is 5.98. The summed E-state index contributed by atoms with van der Waals surface area (Å²) in [5.74, 6) is 1.23. The molecule has 2 aromatic heterocycles. The quantitative estimate of drug-likeness (QED) is 0.524. The maximum absolute atomic E-state index is 13.9. The van der Waals surface area contributed by atoms with Gasteiger partial charge in [0.05, 0.1) is 5.56 Å². The molecular formula is C30H34N6O2. The topological polar surface area (TPSA) is 82.5 Å². The third-order valence-electron chi connectivity index (χ3n) is 8.15. The van der Waals surface area contributed by atoms with Crippen LogP contribution in [-0.2, 0) is 17.9 Å². The first-order valence-electron chi connectivity index (χ1n) is 13.7. The van der Waals surface area contributed by atoms with Crippen molar-refractivity contribution in [1.29, 1.82) is 0 Å². The lowest BCUT2D eigenvalue weighted by Crippen LogP contribution is -2.45. The van der Waals surface area contributed by atoms with Gasteiger partial charge in [0.1, 0.15) is 5.82 Å². The van der Waals surface area contributed by atoms with Crippen LogP contribution >= 0.6 is 0 Å². The number of nitrogens with zero attached hydrogens (tertiary/aromatic N) is 6. The van der Waals surface area contributed by atoms with Crippen molar-refractivity contribution in [3.05, 3.63) is 83.7 Å². The zero-order valence-electron chi connectivity index (χ0n) is 21.9. The van der Waals surface area contributed by atoms with Gasteiger partial charge >= 0.3 is 0 Å². The summed E-state index contributed by atoms with van der Waals surface area (Å²) in [7, 11) is 0. The number of anilines is 1. The summed E-state index contributed by atoms with van der Waals surface area (Å²) in [6, 6.07) is 12.6. The first kappa shape index (κ1) is 24.7. The van der Waals surface area contributed by atoms with E-state index in [-0.39, 0.29) is 17.9 Å². The molecule has 3 aromatic rings. The van der Waals surface area contributed by atoms with Gasteiger partial charge in [-0.3, -0.25) is 19.5 Å². The smallest absolute Gasteiger partial charge is 0.257 e. The van der Waals surface area contributed by atoms with Gasteiger partial charge in [0.25, 0.3) is 5.91 Å². The van der Waals surface area contributed by atoms with E-state index >= 15 is 0 Å². The number of benzene rings is 1. The molecule has 1 aliphatic carbocycles. The summed E-state index contributed by atoms with van der Waals surface area (Å²) < 4.78 is 0. The average molecular weight is 511 g/mol. The number of hydrogen-bond donors (Lipinski definition) is 0. The van der Waals surface area contributed by atoms with Crippen molar-refractivity contribution in [3.8, 4) is 0 Å². The third kappa shape index (κ3) is 5.18. The molecule has 2 amide bonds. The third-order valence-corrected chi connectivity index (χ3v) is 8.15. The molecule has 2 aliphatic heterocycles. The fraction of sp³-hybridized carbons (Fsp3) is 0.433. The molecule has 8 nitrogen and oxygen atoms in total. The number of rotatable bonds is 4. The van der Waals surface area contributed by atoms with Gasteiger partial charge in [-0.05, 0) is 55.4 Å². The van der Waals surface area contributed by atoms with Crippen LogP contribution in [0, 0.1) is 0 Å². The normalized spacial score (nSPS) is 22.0. The van der Waals surface area contributed by atoms with Crippen molar-refractivity contribution < 1.29 is 9.59 Å². The van der Waals surface area contributed by atoms with Gasteiger partial charge in [-0.25, -0.2) is 9.97 Å². The highest BCUT2D eigenvalue weighted by molar-refractivity contribution is 5.94. The Morgan fingerprint density at radius 1 is 0.921 bits per heavy atom. The molecule has 1 saturated heterocycles. The van der Waals surface area contributed by atoms with Crippen molar-refractivity contribution in [1.82, 2.24) is 24.8 Å². The maximum atomic E-state index is 13.9. The molecule has 196 valence electrons. The Labute approximate surface area is 223 Å². The van der Waals surface area contributed by atoms with Gasteiger partial charge in [0, 0.05) is 81.6 Å². The molecule has 6 rings (SSSR count). The Morgan fingerprint density at radius 3 is 2.45 bits per heavy atom. The van der Waals surface area contributed by atoms with Crippen LogP contribution in [0.5, 0.6) is 0 Å². The first-order chi connectivity index (χ1) is 18.6. The van der Waals surface area contributed by atoms with Crippen molar-refractivity contribution in [2.75, 3.05) is 18.0 Å². The van der Waals surface area contributed by atoms with E-state index in [2.05, 4.69) is 25.9 Å². The van der Waals surface area contributed by atoms with E-state index in [1.54, 1.807) is 25.5 Å². The number of carbonyl (C=O) groups is 2. The lowest BCUT2D eigenvalue weighted by Gasteiger charge is -2.33. The lowest BCUT2D eigenvalue weighted by atomic mass is 10.1. The van der Waals surface area contributed by atoms with Gasteiger partial charge in [-0.1, -0.05) is 24.3 Å². The molecule has 8 heteroatoms. The molecule has 2 fully saturated rings. The Kier molecular flexibility index (Phi) is 6.89. The maximum Gasteiger partial charge on any atom is 0.257 e. The van der Waals surface area contributed by atoms with E-state index in [0.29, 0.717) is 37.2 Å². The van der Waals surface area contributed by atoms with E-state index in [1.807, 2.05) is 46.3 Å². The van der Waals surface area contributed by atoms with Gasteiger partial charge in [-0.15, -0.1) is 0 Å². The zero-order chi connectivity index (χ0) is 26.1. The van der Waals surface area contributed by atoms with Crippen LogP contribution in [0.3, 0.4) is 0 Å². The fourth-order valence-corrected chi connectivity index (χ4v) is 5.98. The van der Waals surface area contributed by atoms with E-state index < -0.39 is 0 Å². The van der Waals surface area contributed by atoms with Crippen LogP contribution in [0.25, 0.3) is 0 Å². The summed E-state index contributed by atoms with van der Waals surface area (Å²) in [6.07, 6.45) is 12.3. The summed E-state index contributed by atoms with van der Waals surface area (Å²) in [5.41, 5.74) is 3.53. The van der Waals surface area contributed by atoms with E-state index in [1.165, 1.54) is 0 Å². The minimum absolute atomic E-state index is 0.0204. The van der Waals surface area contributed by atoms with Crippen molar-refractivity contribution in [2.45, 2.75) is 70.1 Å². The van der Waals surface area contributed by atoms with Crippen LogP contribution in [0.4, 0.5) is 5.69 Å². The average Bonchev–Trinajstić information content (AvgIpc) is 3.72. The van der Waals surface area contributed by atoms with Gasteiger partial charge in [-0.2, -0.15) is 0 Å². The second-order valence-electron chi connectivity index (χ2n) is 10.8. The highest BCUT2D eigenvalue weighted by Gasteiger charge is 2.37. The highest BCUT2D eigenvalue weighted by Crippen LogP contribution is 2.38. The van der Waals surface area contributed by atoms with Crippen LogP contribution in [-0.4, -0.2) is 61.7 Å². The molecule has 0 N–H and O–H groups in total. The van der Waals surface area contributed by atoms with E-state index in [4.69, 9.17) is 0 Å². The lowest BCUT2D eigenvalue weighted by molar-refractivity contribution is -0.116. The van der Waals surface area contributed by atoms with Crippen molar-refractivity contribution in [3.63, 3.8) is 0 Å². The van der Waals surface area contributed by atoms with Crippen molar-refractivity contribution in [2.24, 2.45) is 0 Å². The van der Waals surface area contributed by atoms with Crippen LogP contribution < -0.4 is 4.90 Å². The van der Waals surface area contributed by atoms with Crippen molar-refractivity contribution >= 4 is 17.5 Å². The predicted octanol–water partition coefficient (Wildman–Crippen LogP) is 4.18. The van der Waals surface area contributed by atoms with Crippen LogP contribution in [0.2, 0.25) is 0 Å². The number of carbonyl (C=O) groups excluding carboxylic acids is 2. The molecule has 1 aromatic carbocycles. The molecule has 3 aliphatic rings. The minimum atomic E-state index is -0.0689. The zero-order valence-corrected chi connectivity index (χ0v) is 21.9. The largest absolute Gasteiger partial charge is 0.333 e. The molecule has 0 spiro atoms. The van der Waals surface area contributed by atoms with E-state index in [0.717, 1.165) is 61.3 Å². The Bertz CT molecular complexity index is 1290. The molecule has 1 saturated carbocycles. The summed E-state index contributed by atoms with van der Waals surface area (Å²) in [5, 5.41) is 0. The van der Waals surface area contributed by atoms with E-state index in [9.17, 15) is 9.59 Å². The predicted molar refractivity (Wildman–Crippen MR) is 144 cm³/mol. The Morgan fingerprint density at radius 2 is 1.71 bits per heavy atom. The van der Waals surface area contributed by atoms with Crippen LogP contribution in [0.1, 0.15) is 72.3 Å². The Balaban J connectivity index is 1.36. The molecule has 38 heavy (non-hydrogen) atoms. The molecule has 2 atom stereocenters. The minimum Gasteiger partial charge on any atom is -0.333 e. The summed E-state index contributed by atoms with van der Waals surface area (Å²) in [6.45, 7) is 4.08. The molecule has 2 bridgehead atoms. The Hall–Kier alpha value is -3.65. The second kappa shape index (κ2) is 10.6. The number of pyridine rings is 1. The van der Waals surface area contributed by atoms with Gasteiger partial charge in [0.15, 0.2) is 0 Å². The number of fused-ring (bicyclic) bond motifs is 3. The SMILES string of the molecule is CC(=O)N1CCC2CCC(CN(C(=O)c3cnc(C4CC4)nc3)Cc3ccccc31)N2Cc1cccnc1. The standard InChI is InChI=1S/C30H34N6O2/c1-21(37)35-14-12-26-10-11-27(36(26)18-22-5-4-13-31-15-22)20-34(19-24-6-2-3-7-28(24)35)30(38)25-16-32-29(33-17-25)23-8-9-23/h2-7,13,15-17,23,26-27H,8-12,14,18-20H2,1H3. The first-order valence-corrected chi connectivity index (χ1v) is 13.7. The molecular weight excluding hydrogens is 476 g/mol. The number of amides is 2. The molecule has 0 radical (unpaired) electrons. The number of aromatic nitrogens is 3. The summed E-state index contributed by atoms with van der Waals surface area (Å²) in [4.78, 5) is 46.5. The summed E-state index contributed by atoms with van der Waals surface area (Å²) >= 11 is 0. The van der Waals surface area contributed by atoms with Gasteiger partial charge in [0.2, 0.25) is 5.91 Å². The van der Waals surface area contributed by atoms with Crippen LogP contribution in [0.15, 0.2) is 61.2 Å². The van der Waals surface area contributed by atoms with Gasteiger partial charge < -0.3 is 9.80 Å². The monoisotopic (exact) mass is 510 g/mol. The second-order valence-corrected chi connectivity index (χ2v) is 10.8. The number of para-hydroxylation sites is 1. The highest BCUT2D eigenvalue weighted by atomic mass is 16.2.